The fourth-order valence-corrected chi connectivity index (χ4v) is 3.92. The number of methoxy groups -OCH3 is 1. The average molecular weight is 412 g/mol. The van der Waals surface area contributed by atoms with Crippen LogP contribution in [0.1, 0.15) is 25.7 Å². The molecule has 30 heavy (non-hydrogen) atoms. The van der Waals surface area contributed by atoms with E-state index in [1.807, 2.05) is 0 Å². The highest BCUT2D eigenvalue weighted by Gasteiger charge is 2.40. The molecule has 2 fully saturated rings. The van der Waals surface area contributed by atoms with Crippen LogP contribution in [0.2, 0.25) is 0 Å². The van der Waals surface area contributed by atoms with E-state index in [1.54, 1.807) is 38.4 Å². The van der Waals surface area contributed by atoms with Crippen molar-refractivity contribution in [3.63, 3.8) is 0 Å². The molecule has 2 aliphatic carbocycles. The molecule has 0 bridgehead atoms. The molecule has 0 aliphatic heterocycles. The molecule has 2 unspecified atom stereocenters. The number of nitrogens with one attached hydrogen (secondary N) is 1. The lowest BCUT2D eigenvalue weighted by Gasteiger charge is -2.10. The molecule has 1 aromatic carbocycles. The molecular weight excluding hydrogens is 388 g/mol. The number of nitrogens with zero attached hydrogens (tertiary/aromatic N) is 3. The van der Waals surface area contributed by atoms with Crippen LogP contribution >= 0.6 is 0 Å². The monoisotopic (exact) mass is 412 g/mol. The number of rotatable bonds is 5. The summed E-state index contributed by atoms with van der Waals surface area (Å²) in [5, 5.41) is 13.1. The fraction of sp³-hybridized carbons (Fsp3) is 0.429. The Kier molecular flexibility index (Phi) is 5.43. The third-order valence-electron chi connectivity index (χ3n) is 5.61. The molecule has 5 rings (SSSR count). The van der Waals surface area contributed by atoms with Gasteiger partial charge in [0.2, 0.25) is 0 Å². The number of fused-ring (bicyclic) bond motifs is 2. The number of aliphatic carboxylic acids is 1. The Labute approximate surface area is 172 Å². The number of aryl methyl sites for hydroxylation is 1. The van der Waals surface area contributed by atoms with E-state index in [0.717, 1.165) is 0 Å². The van der Waals surface area contributed by atoms with Gasteiger partial charge in [0.15, 0.2) is 12.3 Å². The third kappa shape index (κ3) is 4.14. The van der Waals surface area contributed by atoms with Gasteiger partial charge in [-0.2, -0.15) is 5.10 Å². The number of aromatic nitrogens is 4. The predicted molar refractivity (Wildman–Crippen MR) is 110 cm³/mol. The van der Waals surface area contributed by atoms with E-state index in [-0.39, 0.29) is 5.56 Å². The van der Waals surface area contributed by atoms with E-state index in [2.05, 4.69) is 15.1 Å². The Morgan fingerprint density at radius 3 is 2.70 bits per heavy atom. The van der Waals surface area contributed by atoms with Crippen molar-refractivity contribution in [2.75, 3.05) is 13.7 Å². The molecule has 0 radical (unpaired) electrons. The van der Waals surface area contributed by atoms with Gasteiger partial charge in [0.1, 0.15) is 22.7 Å². The van der Waals surface area contributed by atoms with E-state index in [0.29, 0.717) is 33.9 Å². The summed E-state index contributed by atoms with van der Waals surface area (Å²) in [5.74, 6) is 2.39. The van der Waals surface area contributed by atoms with Crippen LogP contribution in [0.15, 0.2) is 29.2 Å². The van der Waals surface area contributed by atoms with E-state index in [1.165, 1.54) is 42.3 Å². The Bertz CT molecular complexity index is 1130. The molecule has 2 aromatic heterocycles. The van der Waals surface area contributed by atoms with Crippen molar-refractivity contribution in [2.45, 2.75) is 25.7 Å². The predicted octanol–water partition coefficient (Wildman–Crippen LogP) is 2.60. The third-order valence-corrected chi connectivity index (χ3v) is 5.61. The van der Waals surface area contributed by atoms with E-state index in [9.17, 15) is 9.59 Å². The standard InChI is InChI=1S/C15H14N4O5.C6H10/c1-19-14-10(6-16-19)15(22)18-13(17-14)9-4-3-8(5-11(9)23-2)24-7-12(20)21;1-2-5-4-6(5)3-1/h3-6H,7H2,1-2H3,(H,20,21)(H,17,18,22);5-6H,1-4H2. The summed E-state index contributed by atoms with van der Waals surface area (Å²) in [5.41, 5.74) is 0.679. The highest BCUT2D eigenvalue weighted by Crippen LogP contribution is 2.51. The van der Waals surface area contributed by atoms with Crippen molar-refractivity contribution in [2.24, 2.45) is 18.9 Å². The number of carboxylic acid groups (broad SMARTS) is 1. The van der Waals surface area contributed by atoms with Crippen LogP contribution in [-0.4, -0.2) is 44.5 Å². The molecule has 9 nitrogen and oxygen atoms in total. The molecule has 2 saturated carbocycles. The lowest BCUT2D eigenvalue weighted by Crippen LogP contribution is -2.11. The fourth-order valence-electron chi connectivity index (χ4n) is 3.92. The van der Waals surface area contributed by atoms with Crippen LogP contribution in [0.4, 0.5) is 0 Å². The van der Waals surface area contributed by atoms with Crippen molar-refractivity contribution in [3.8, 4) is 22.9 Å². The molecule has 3 aromatic rings. The number of carbonyl (C=O) groups is 1. The summed E-state index contributed by atoms with van der Waals surface area (Å²) in [7, 11) is 3.15. The van der Waals surface area contributed by atoms with Gasteiger partial charge in [0.05, 0.1) is 18.9 Å². The van der Waals surface area contributed by atoms with Gasteiger partial charge in [-0.05, 0) is 30.4 Å². The van der Waals surface area contributed by atoms with E-state index < -0.39 is 12.6 Å². The second-order valence-electron chi connectivity index (χ2n) is 7.65. The van der Waals surface area contributed by atoms with Crippen molar-refractivity contribution in [3.05, 3.63) is 34.7 Å². The molecule has 2 atom stereocenters. The zero-order chi connectivity index (χ0) is 21.3. The van der Waals surface area contributed by atoms with Gasteiger partial charge in [-0.25, -0.2) is 9.78 Å². The average Bonchev–Trinajstić information content (AvgIpc) is 3.14. The minimum absolute atomic E-state index is 0.309. The van der Waals surface area contributed by atoms with E-state index in [4.69, 9.17) is 14.6 Å². The molecular formula is C21H24N4O5. The number of aromatic amines is 1. The van der Waals surface area contributed by atoms with Gasteiger partial charge >= 0.3 is 5.97 Å². The van der Waals surface area contributed by atoms with E-state index >= 15 is 0 Å². The summed E-state index contributed by atoms with van der Waals surface area (Å²) in [6, 6.07) is 4.75. The second-order valence-corrected chi connectivity index (χ2v) is 7.65. The molecule has 2 N–H and O–H groups in total. The number of carboxylic acids is 1. The van der Waals surface area contributed by atoms with Crippen LogP contribution < -0.4 is 15.0 Å². The summed E-state index contributed by atoms with van der Waals surface area (Å²) in [6.45, 7) is -0.460. The Morgan fingerprint density at radius 2 is 2.10 bits per heavy atom. The first-order valence-electron chi connectivity index (χ1n) is 9.91. The lowest BCUT2D eigenvalue weighted by atomic mass is 10.1. The topological polar surface area (TPSA) is 119 Å². The Morgan fingerprint density at radius 1 is 1.33 bits per heavy atom. The Balaban J connectivity index is 0.000000305. The molecule has 0 spiro atoms. The number of ether oxygens (including phenoxy) is 2. The highest BCUT2D eigenvalue weighted by atomic mass is 16.5. The smallest absolute Gasteiger partial charge is 0.341 e. The van der Waals surface area contributed by atoms with Gasteiger partial charge in [0.25, 0.3) is 5.56 Å². The zero-order valence-electron chi connectivity index (χ0n) is 16.9. The van der Waals surface area contributed by atoms with Crippen molar-refractivity contribution < 1.29 is 19.4 Å². The summed E-state index contributed by atoms with van der Waals surface area (Å²) < 4.78 is 11.9. The number of H-pyrrole nitrogens is 1. The first kappa shape index (κ1) is 19.9. The van der Waals surface area contributed by atoms with Crippen LogP contribution in [0, 0.1) is 11.8 Å². The maximum absolute atomic E-state index is 12.2. The SMILES string of the molecule is C1CC2CC2C1.COc1cc(OCC(=O)O)ccc1-c1nc2c(cnn2C)c(=O)[nH]1. The molecule has 2 heterocycles. The van der Waals surface area contributed by atoms with Crippen LogP contribution in [-0.2, 0) is 11.8 Å². The normalized spacial score (nSPS) is 19.0. The molecule has 0 amide bonds. The maximum atomic E-state index is 12.2. The first-order valence-corrected chi connectivity index (χ1v) is 9.91. The molecule has 158 valence electrons. The largest absolute Gasteiger partial charge is 0.496 e. The van der Waals surface area contributed by atoms with Gasteiger partial charge in [-0.3, -0.25) is 9.48 Å². The van der Waals surface area contributed by atoms with Crippen LogP contribution in [0.3, 0.4) is 0 Å². The van der Waals surface area contributed by atoms with Gasteiger partial charge in [-0.1, -0.05) is 19.3 Å². The van der Waals surface area contributed by atoms with Crippen molar-refractivity contribution >= 4 is 17.0 Å². The second kappa shape index (κ2) is 8.17. The molecule has 9 heteroatoms. The van der Waals surface area contributed by atoms with Gasteiger partial charge in [-0.15, -0.1) is 0 Å². The van der Waals surface area contributed by atoms with Crippen LogP contribution in [0.5, 0.6) is 11.5 Å². The minimum Gasteiger partial charge on any atom is -0.496 e. The number of hydrogen-bond acceptors (Lipinski definition) is 6. The zero-order valence-corrected chi connectivity index (χ0v) is 16.9. The minimum atomic E-state index is -1.08. The first-order chi connectivity index (χ1) is 14.5. The van der Waals surface area contributed by atoms with Gasteiger partial charge < -0.3 is 19.6 Å². The maximum Gasteiger partial charge on any atom is 0.341 e. The van der Waals surface area contributed by atoms with Gasteiger partial charge in [0, 0.05) is 13.1 Å². The van der Waals surface area contributed by atoms with Crippen molar-refractivity contribution in [1.29, 1.82) is 0 Å². The lowest BCUT2D eigenvalue weighted by molar-refractivity contribution is -0.139. The summed E-state index contributed by atoms with van der Waals surface area (Å²) in [6.07, 6.45) is 7.69. The molecule has 2 aliphatic rings. The summed E-state index contributed by atoms with van der Waals surface area (Å²) in [4.78, 5) is 29.8. The number of benzene rings is 1. The van der Waals surface area contributed by atoms with Crippen molar-refractivity contribution in [1.82, 2.24) is 19.7 Å². The quantitative estimate of drug-likeness (QED) is 0.661. The Hall–Kier alpha value is -3.36. The van der Waals surface area contributed by atoms with Crippen LogP contribution in [0.25, 0.3) is 22.4 Å². The molecule has 0 saturated heterocycles. The summed E-state index contributed by atoms with van der Waals surface area (Å²) >= 11 is 0. The number of hydrogen-bond donors (Lipinski definition) is 2. The highest BCUT2D eigenvalue weighted by molar-refractivity contribution is 5.77.